The van der Waals surface area contributed by atoms with Gasteiger partial charge in [-0.05, 0) is 38.3 Å². The van der Waals surface area contributed by atoms with Crippen molar-refractivity contribution >= 4 is 9.84 Å². The predicted octanol–water partition coefficient (Wildman–Crippen LogP) is 2.88. The molecule has 0 radical (unpaired) electrons. The zero-order valence-corrected chi connectivity index (χ0v) is 12.4. The van der Waals surface area contributed by atoms with Crippen molar-refractivity contribution in [2.24, 2.45) is 0 Å². The molecule has 20 heavy (non-hydrogen) atoms. The van der Waals surface area contributed by atoms with Crippen molar-refractivity contribution in [1.82, 2.24) is 0 Å². The topological polar surface area (TPSA) is 54.4 Å². The molecule has 0 amide bonds. The molecule has 0 fully saturated rings. The van der Waals surface area contributed by atoms with Crippen molar-refractivity contribution in [2.45, 2.75) is 42.4 Å². The van der Waals surface area contributed by atoms with E-state index in [1.165, 1.54) is 0 Å². The lowest BCUT2D eigenvalue weighted by molar-refractivity contribution is 0.212. The molecule has 0 aromatic heterocycles. The largest absolute Gasteiger partial charge is 0.387 e. The molecular formula is C16H20O3S. The van der Waals surface area contributed by atoms with Crippen LogP contribution in [-0.4, -0.2) is 24.9 Å². The van der Waals surface area contributed by atoms with Crippen LogP contribution < -0.4 is 0 Å². The second kappa shape index (κ2) is 5.94. The van der Waals surface area contributed by atoms with Crippen molar-refractivity contribution in [3.8, 4) is 0 Å². The maximum Gasteiger partial charge on any atom is 0.187 e. The molecule has 0 saturated heterocycles. The van der Waals surface area contributed by atoms with Gasteiger partial charge in [0.05, 0.1) is 11.0 Å². The number of sulfone groups is 1. The predicted molar refractivity (Wildman–Crippen MR) is 80.2 cm³/mol. The summed E-state index contributed by atoms with van der Waals surface area (Å²) in [5.74, 6) is 0. The maximum absolute atomic E-state index is 12.8. The van der Waals surface area contributed by atoms with Gasteiger partial charge in [0.2, 0.25) is 0 Å². The van der Waals surface area contributed by atoms with E-state index in [4.69, 9.17) is 0 Å². The molecule has 3 nitrogen and oxygen atoms in total. The minimum absolute atomic E-state index is 0.248. The maximum atomic E-state index is 12.8. The summed E-state index contributed by atoms with van der Waals surface area (Å²) in [6, 6.07) is 8.31. The zero-order chi connectivity index (χ0) is 14.8. The Morgan fingerprint density at radius 3 is 2.45 bits per heavy atom. The molecule has 2 unspecified atom stereocenters. The van der Waals surface area contributed by atoms with Gasteiger partial charge in [0, 0.05) is 0 Å². The fourth-order valence-electron chi connectivity index (χ4n) is 2.54. The van der Waals surface area contributed by atoms with Crippen molar-refractivity contribution < 1.29 is 13.5 Å². The van der Waals surface area contributed by atoms with Crippen LogP contribution in [0.5, 0.6) is 0 Å². The van der Waals surface area contributed by atoms with Gasteiger partial charge < -0.3 is 5.11 Å². The fraction of sp³-hybridized carbons (Fsp3) is 0.375. The van der Waals surface area contributed by atoms with Crippen molar-refractivity contribution in [3.63, 3.8) is 0 Å². The number of aliphatic hydroxyl groups is 1. The molecule has 2 rings (SSSR count). The van der Waals surface area contributed by atoms with Crippen molar-refractivity contribution in [3.05, 3.63) is 54.1 Å². The van der Waals surface area contributed by atoms with E-state index >= 15 is 0 Å². The van der Waals surface area contributed by atoms with Crippen LogP contribution in [0.1, 0.15) is 26.2 Å². The molecule has 0 saturated carbocycles. The third-order valence-corrected chi connectivity index (χ3v) is 5.80. The Balaban J connectivity index is 2.48. The molecule has 0 aliphatic heterocycles. The molecular weight excluding hydrogens is 272 g/mol. The minimum Gasteiger partial charge on any atom is -0.387 e. The lowest BCUT2D eigenvalue weighted by Gasteiger charge is -2.25. The van der Waals surface area contributed by atoms with Gasteiger partial charge in [-0.1, -0.05) is 42.0 Å². The highest BCUT2D eigenvalue weighted by Gasteiger charge is 2.37. The Morgan fingerprint density at radius 1 is 1.30 bits per heavy atom. The Bertz CT molecular complexity index is 614. The quantitative estimate of drug-likeness (QED) is 0.849. The van der Waals surface area contributed by atoms with Gasteiger partial charge in [-0.15, -0.1) is 0 Å². The number of aliphatic hydroxyl groups excluding tert-OH is 1. The van der Waals surface area contributed by atoms with Crippen LogP contribution in [0.2, 0.25) is 0 Å². The summed E-state index contributed by atoms with van der Waals surface area (Å²) in [4.78, 5) is 0.248. The summed E-state index contributed by atoms with van der Waals surface area (Å²) in [7, 11) is -3.61. The fourth-order valence-corrected chi connectivity index (χ4v) is 4.56. The second-order valence-corrected chi connectivity index (χ2v) is 7.31. The van der Waals surface area contributed by atoms with Crippen LogP contribution in [-0.2, 0) is 9.84 Å². The van der Waals surface area contributed by atoms with Crippen LogP contribution >= 0.6 is 0 Å². The average molecular weight is 292 g/mol. The van der Waals surface area contributed by atoms with Gasteiger partial charge in [0.25, 0.3) is 0 Å². The average Bonchev–Trinajstić information content (AvgIpc) is 2.93. The SMILES string of the molecule is C=C(C)C(O)C(C1=CCCC1)S(=O)(=O)c1ccccc1. The van der Waals surface area contributed by atoms with E-state index in [0.29, 0.717) is 5.57 Å². The van der Waals surface area contributed by atoms with E-state index < -0.39 is 21.2 Å². The molecule has 1 aliphatic rings. The van der Waals surface area contributed by atoms with Gasteiger partial charge in [0.1, 0.15) is 5.25 Å². The van der Waals surface area contributed by atoms with Gasteiger partial charge in [-0.2, -0.15) is 0 Å². The first-order chi connectivity index (χ1) is 9.44. The van der Waals surface area contributed by atoms with E-state index in [0.717, 1.165) is 24.8 Å². The molecule has 1 aliphatic carbocycles. The van der Waals surface area contributed by atoms with Gasteiger partial charge in [-0.3, -0.25) is 0 Å². The second-order valence-electron chi connectivity index (χ2n) is 5.24. The zero-order valence-electron chi connectivity index (χ0n) is 11.6. The molecule has 108 valence electrons. The normalized spacial score (nSPS) is 18.4. The van der Waals surface area contributed by atoms with Crippen molar-refractivity contribution in [2.75, 3.05) is 0 Å². The summed E-state index contributed by atoms with van der Waals surface area (Å²) in [6.45, 7) is 5.37. The Hall–Kier alpha value is -1.39. The van der Waals surface area contributed by atoms with Gasteiger partial charge in [0.15, 0.2) is 9.84 Å². The van der Waals surface area contributed by atoms with Crippen LogP contribution in [0.4, 0.5) is 0 Å². The standard InChI is InChI=1S/C16H20O3S/c1-12(2)15(17)16(13-8-6-7-9-13)20(18,19)14-10-4-3-5-11-14/h3-5,8,10-11,15-17H,1,6-7,9H2,2H3. The van der Waals surface area contributed by atoms with Crippen LogP contribution in [0.3, 0.4) is 0 Å². The molecule has 0 heterocycles. The van der Waals surface area contributed by atoms with Crippen LogP contribution in [0, 0.1) is 0 Å². The molecule has 2 atom stereocenters. The van der Waals surface area contributed by atoms with E-state index in [9.17, 15) is 13.5 Å². The lowest BCUT2D eigenvalue weighted by atomic mass is 10.0. The summed E-state index contributed by atoms with van der Waals surface area (Å²) < 4.78 is 25.6. The third-order valence-electron chi connectivity index (χ3n) is 3.64. The molecule has 1 aromatic rings. The highest BCUT2D eigenvalue weighted by Crippen LogP contribution is 2.32. The number of hydrogen-bond donors (Lipinski definition) is 1. The highest BCUT2D eigenvalue weighted by molar-refractivity contribution is 7.92. The van der Waals surface area contributed by atoms with Crippen LogP contribution in [0.15, 0.2) is 59.0 Å². The first-order valence-electron chi connectivity index (χ1n) is 6.76. The van der Waals surface area contributed by atoms with E-state index in [-0.39, 0.29) is 4.90 Å². The van der Waals surface area contributed by atoms with Crippen LogP contribution in [0.25, 0.3) is 0 Å². The Kier molecular flexibility index (Phi) is 4.45. The van der Waals surface area contributed by atoms with Gasteiger partial charge in [-0.25, -0.2) is 8.42 Å². The lowest BCUT2D eigenvalue weighted by Crippen LogP contribution is -2.36. The number of rotatable bonds is 5. The summed E-state index contributed by atoms with van der Waals surface area (Å²) in [5, 5.41) is 9.41. The first kappa shape index (κ1) is 15.0. The number of hydrogen-bond acceptors (Lipinski definition) is 3. The van der Waals surface area contributed by atoms with E-state index in [1.54, 1.807) is 37.3 Å². The van der Waals surface area contributed by atoms with E-state index in [2.05, 4.69) is 6.58 Å². The molecule has 0 bridgehead atoms. The molecule has 1 aromatic carbocycles. The Morgan fingerprint density at radius 2 is 1.95 bits per heavy atom. The molecule has 0 spiro atoms. The van der Waals surface area contributed by atoms with Gasteiger partial charge >= 0.3 is 0 Å². The number of allylic oxidation sites excluding steroid dienone is 1. The monoisotopic (exact) mass is 292 g/mol. The van der Waals surface area contributed by atoms with Crippen molar-refractivity contribution in [1.29, 1.82) is 0 Å². The molecule has 1 N–H and O–H groups in total. The summed E-state index contributed by atoms with van der Waals surface area (Å²) in [6.07, 6.45) is 3.42. The third kappa shape index (κ3) is 2.86. The minimum atomic E-state index is -3.61. The Labute approximate surface area is 120 Å². The van der Waals surface area contributed by atoms with E-state index in [1.807, 2.05) is 6.08 Å². The summed E-state index contributed by atoms with van der Waals surface area (Å²) in [5.41, 5.74) is 1.28. The highest BCUT2D eigenvalue weighted by atomic mass is 32.2. The molecule has 4 heteroatoms. The smallest absolute Gasteiger partial charge is 0.187 e. The first-order valence-corrected chi connectivity index (χ1v) is 8.30. The number of benzene rings is 1. The summed E-state index contributed by atoms with van der Waals surface area (Å²) >= 11 is 0.